The Balaban J connectivity index is 1.90. The molecule has 0 aliphatic rings. The molecule has 0 aromatic heterocycles. The average Bonchev–Trinajstić information content (AvgIpc) is 2.80. The third-order valence-electron chi connectivity index (χ3n) is 5.59. The van der Waals surface area contributed by atoms with Crippen molar-refractivity contribution in [2.75, 3.05) is 6.61 Å². The van der Waals surface area contributed by atoms with Gasteiger partial charge in [-0.2, -0.15) is 0 Å². The molecule has 31 heavy (non-hydrogen) atoms. The van der Waals surface area contributed by atoms with Crippen molar-refractivity contribution < 1.29 is 14.3 Å². The SMILES string of the molecule is CCCCCC[C@H](CCC)OC(=O)c1ccc(-c2ccc(OCCCCC)cc2)cc1. The molecule has 0 aliphatic carbocycles. The molecule has 170 valence electrons. The van der Waals surface area contributed by atoms with Crippen molar-refractivity contribution in [1.29, 1.82) is 0 Å². The van der Waals surface area contributed by atoms with E-state index in [9.17, 15) is 4.79 Å². The first-order valence-corrected chi connectivity index (χ1v) is 12.2. The van der Waals surface area contributed by atoms with Gasteiger partial charge in [0.05, 0.1) is 12.2 Å². The predicted octanol–water partition coefficient (Wildman–Crippen LogP) is 8.22. The maximum Gasteiger partial charge on any atom is 0.338 e. The average molecular weight is 425 g/mol. The smallest absolute Gasteiger partial charge is 0.338 e. The van der Waals surface area contributed by atoms with Gasteiger partial charge in [-0.25, -0.2) is 4.79 Å². The van der Waals surface area contributed by atoms with Crippen molar-refractivity contribution in [1.82, 2.24) is 0 Å². The summed E-state index contributed by atoms with van der Waals surface area (Å²) < 4.78 is 11.6. The molecule has 0 fully saturated rings. The van der Waals surface area contributed by atoms with Crippen molar-refractivity contribution in [3.63, 3.8) is 0 Å². The van der Waals surface area contributed by atoms with E-state index in [1.807, 2.05) is 36.4 Å². The van der Waals surface area contributed by atoms with Crippen molar-refractivity contribution >= 4 is 5.97 Å². The molecule has 0 N–H and O–H groups in total. The van der Waals surface area contributed by atoms with Gasteiger partial charge in [0.25, 0.3) is 0 Å². The molecule has 0 saturated heterocycles. The minimum Gasteiger partial charge on any atom is -0.494 e. The number of unbranched alkanes of at least 4 members (excludes halogenated alkanes) is 5. The van der Waals surface area contributed by atoms with Gasteiger partial charge >= 0.3 is 5.97 Å². The largest absolute Gasteiger partial charge is 0.494 e. The van der Waals surface area contributed by atoms with E-state index in [1.54, 1.807) is 0 Å². The van der Waals surface area contributed by atoms with Crippen molar-refractivity contribution in [3.05, 3.63) is 54.1 Å². The van der Waals surface area contributed by atoms with Gasteiger partial charge in [-0.05, 0) is 61.1 Å². The summed E-state index contributed by atoms with van der Waals surface area (Å²) in [7, 11) is 0. The summed E-state index contributed by atoms with van der Waals surface area (Å²) in [5, 5.41) is 0. The number of hydrogen-bond acceptors (Lipinski definition) is 3. The normalized spacial score (nSPS) is 11.8. The zero-order chi connectivity index (χ0) is 22.3. The molecule has 0 amide bonds. The Kier molecular flexibility index (Phi) is 11.8. The van der Waals surface area contributed by atoms with Crippen LogP contribution in [-0.4, -0.2) is 18.7 Å². The Morgan fingerprint density at radius 3 is 1.94 bits per heavy atom. The van der Waals surface area contributed by atoms with Gasteiger partial charge in [0.15, 0.2) is 0 Å². The summed E-state index contributed by atoms with van der Waals surface area (Å²) in [6.07, 6.45) is 11.3. The minimum atomic E-state index is -0.212. The van der Waals surface area contributed by atoms with Crippen LogP contribution < -0.4 is 4.74 Å². The molecule has 2 aromatic rings. The van der Waals surface area contributed by atoms with Crippen LogP contribution >= 0.6 is 0 Å². The van der Waals surface area contributed by atoms with Gasteiger partial charge in [0, 0.05) is 0 Å². The number of rotatable bonds is 15. The van der Waals surface area contributed by atoms with E-state index < -0.39 is 0 Å². The fourth-order valence-corrected chi connectivity index (χ4v) is 3.69. The highest BCUT2D eigenvalue weighted by Gasteiger charge is 2.15. The van der Waals surface area contributed by atoms with Gasteiger partial charge in [-0.3, -0.25) is 0 Å². The fourth-order valence-electron chi connectivity index (χ4n) is 3.69. The fraction of sp³-hybridized carbons (Fsp3) is 0.536. The van der Waals surface area contributed by atoms with E-state index in [0.717, 1.165) is 55.6 Å². The second-order valence-corrected chi connectivity index (χ2v) is 8.32. The number of esters is 1. The third-order valence-corrected chi connectivity index (χ3v) is 5.59. The highest BCUT2D eigenvalue weighted by Crippen LogP contribution is 2.24. The first-order chi connectivity index (χ1) is 15.2. The highest BCUT2D eigenvalue weighted by molar-refractivity contribution is 5.90. The van der Waals surface area contributed by atoms with E-state index in [-0.39, 0.29) is 12.1 Å². The number of ether oxygens (including phenoxy) is 2. The predicted molar refractivity (Wildman–Crippen MR) is 130 cm³/mol. The van der Waals surface area contributed by atoms with E-state index in [1.165, 1.54) is 32.1 Å². The molecule has 0 unspecified atom stereocenters. The first kappa shape index (κ1) is 25.0. The van der Waals surface area contributed by atoms with E-state index in [0.29, 0.717) is 5.56 Å². The summed E-state index contributed by atoms with van der Waals surface area (Å²) in [5.74, 6) is 0.692. The highest BCUT2D eigenvalue weighted by atomic mass is 16.5. The molecule has 2 aromatic carbocycles. The summed E-state index contributed by atoms with van der Waals surface area (Å²) in [6, 6.07) is 15.9. The second kappa shape index (κ2) is 14.7. The van der Waals surface area contributed by atoms with Gasteiger partial charge in [-0.15, -0.1) is 0 Å². The van der Waals surface area contributed by atoms with Crippen LogP contribution in [0.3, 0.4) is 0 Å². The van der Waals surface area contributed by atoms with Crippen LogP contribution in [0.25, 0.3) is 11.1 Å². The molecule has 0 saturated carbocycles. The van der Waals surface area contributed by atoms with Gasteiger partial charge in [-0.1, -0.05) is 83.6 Å². The molecule has 1 atom stereocenters. The van der Waals surface area contributed by atoms with Crippen molar-refractivity contribution in [3.8, 4) is 16.9 Å². The van der Waals surface area contributed by atoms with E-state index >= 15 is 0 Å². The van der Waals surface area contributed by atoms with Crippen LogP contribution in [0.15, 0.2) is 48.5 Å². The summed E-state index contributed by atoms with van der Waals surface area (Å²) in [4.78, 5) is 12.6. The lowest BCUT2D eigenvalue weighted by Crippen LogP contribution is -2.18. The zero-order valence-electron chi connectivity index (χ0n) is 19.7. The van der Waals surface area contributed by atoms with Crippen LogP contribution in [0.4, 0.5) is 0 Å². The Hall–Kier alpha value is -2.29. The Labute approximate surface area is 189 Å². The van der Waals surface area contributed by atoms with Crippen LogP contribution in [-0.2, 0) is 4.74 Å². The summed E-state index contributed by atoms with van der Waals surface area (Å²) >= 11 is 0. The number of benzene rings is 2. The maximum atomic E-state index is 12.6. The van der Waals surface area contributed by atoms with Crippen LogP contribution in [0, 0.1) is 0 Å². The van der Waals surface area contributed by atoms with Crippen LogP contribution in [0.1, 0.15) is 95.3 Å². The molecular formula is C28H40O3. The lowest BCUT2D eigenvalue weighted by atomic mass is 10.0. The lowest BCUT2D eigenvalue weighted by Gasteiger charge is -2.17. The monoisotopic (exact) mass is 424 g/mol. The Bertz CT molecular complexity index is 734. The van der Waals surface area contributed by atoms with E-state index in [2.05, 4.69) is 32.9 Å². The number of hydrogen-bond donors (Lipinski definition) is 0. The summed E-state index contributed by atoms with van der Waals surface area (Å²) in [6.45, 7) is 7.31. The zero-order valence-corrected chi connectivity index (χ0v) is 19.7. The molecule has 0 aliphatic heterocycles. The summed E-state index contributed by atoms with van der Waals surface area (Å²) in [5.41, 5.74) is 2.81. The van der Waals surface area contributed by atoms with Crippen LogP contribution in [0.2, 0.25) is 0 Å². The molecule has 0 radical (unpaired) electrons. The first-order valence-electron chi connectivity index (χ1n) is 12.2. The molecule has 3 nitrogen and oxygen atoms in total. The maximum absolute atomic E-state index is 12.6. The molecular weight excluding hydrogens is 384 g/mol. The molecule has 0 spiro atoms. The van der Waals surface area contributed by atoms with Crippen LogP contribution in [0.5, 0.6) is 5.75 Å². The minimum absolute atomic E-state index is 0.0268. The topological polar surface area (TPSA) is 35.5 Å². The van der Waals surface area contributed by atoms with Crippen molar-refractivity contribution in [2.45, 2.75) is 91.1 Å². The van der Waals surface area contributed by atoms with Crippen molar-refractivity contribution in [2.24, 2.45) is 0 Å². The quantitative estimate of drug-likeness (QED) is 0.213. The third kappa shape index (κ3) is 9.16. The molecule has 0 bridgehead atoms. The van der Waals surface area contributed by atoms with Gasteiger partial charge in [0.2, 0.25) is 0 Å². The van der Waals surface area contributed by atoms with E-state index in [4.69, 9.17) is 9.47 Å². The Morgan fingerprint density at radius 1 is 0.710 bits per heavy atom. The molecule has 2 rings (SSSR count). The standard InChI is InChI=1S/C28H40O3/c1-4-7-9-10-13-27(12-6-3)31-28(29)25-16-14-23(15-17-25)24-18-20-26(21-19-24)30-22-11-8-5-2/h14-21,27H,4-13,22H2,1-3H3/t27-/m0/s1. The van der Waals surface area contributed by atoms with Gasteiger partial charge in [0.1, 0.15) is 11.9 Å². The number of carbonyl (C=O) groups is 1. The number of carbonyl (C=O) groups excluding carboxylic acids is 1. The Morgan fingerprint density at radius 2 is 1.32 bits per heavy atom. The molecule has 3 heteroatoms. The lowest BCUT2D eigenvalue weighted by molar-refractivity contribution is 0.0253. The molecule has 0 heterocycles. The second-order valence-electron chi connectivity index (χ2n) is 8.32. The van der Waals surface area contributed by atoms with Gasteiger partial charge < -0.3 is 9.47 Å².